The van der Waals surface area contributed by atoms with Crippen LogP contribution in [0, 0.1) is 22.9 Å². The minimum absolute atomic E-state index is 0.0216. The van der Waals surface area contributed by atoms with Gasteiger partial charge in [-0.1, -0.05) is 42.7 Å². The third kappa shape index (κ3) is 5.84. The number of halogens is 4. The van der Waals surface area contributed by atoms with Crippen LogP contribution in [0.25, 0.3) is 11.3 Å². The van der Waals surface area contributed by atoms with Crippen molar-refractivity contribution in [2.75, 3.05) is 13.2 Å². The van der Waals surface area contributed by atoms with Gasteiger partial charge in [-0.25, -0.2) is 18.2 Å². The van der Waals surface area contributed by atoms with E-state index in [9.17, 15) is 9.60 Å². The van der Waals surface area contributed by atoms with Gasteiger partial charge >= 0.3 is 0 Å². The number of benzene rings is 2. The molecule has 4 aromatic rings. The highest BCUT2D eigenvalue weighted by Crippen LogP contribution is 2.39. The van der Waals surface area contributed by atoms with Crippen molar-refractivity contribution < 1.29 is 27.9 Å². The minimum Gasteiger partial charge on any atom is -0.473 e. The van der Waals surface area contributed by atoms with Gasteiger partial charge in [0, 0.05) is 34.1 Å². The molecule has 0 radical (unpaired) electrons. The van der Waals surface area contributed by atoms with Crippen LogP contribution in [0.15, 0.2) is 53.7 Å². The maximum absolute atomic E-state index is 15.4. The molecule has 9 nitrogen and oxygen atoms in total. The Hall–Kier alpha value is -4.16. The summed E-state index contributed by atoms with van der Waals surface area (Å²) in [6, 6.07) is 10.6. The van der Waals surface area contributed by atoms with Crippen molar-refractivity contribution in [1.82, 2.24) is 19.7 Å². The Balaban J connectivity index is 1.41. The molecule has 3 N–H and O–H groups in total. The van der Waals surface area contributed by atoms with Crippen molar-refractivity contribution in [3.8, 4) is 17.1 Å². The van der Waals surface area contributed by atoms with Crippen LogP contribution in [0.2, 0.25) is 5.02 Å². The van der Waals surface area contributed by atoms with Crippen LogP contribution in [0.4, 0.5) is 13.2 Å². The van der Waals surface area contributed by atoms with Crippen LogP contribution >= 0.6 is 11.6 Å². The SMILES string of the molecule is CC1(C)COC[C@@H]1n1c(Cc2cc(F)c(-c3cccc(OCc4ccc(Cl)cc4F)n3)cc2F)nnc1/C(N)=N/O. The highest BCUT2D eigenvalue weighted by atomic mass is 35.5. The summed E-state index contributed by atoms with van der Waals surface area (Å²) in [7, 11) is 0. The molecule has 1 saturated heterocycles. The van der Waals surface area contributed by atoms with E-state index in [4.69, 9.17) is 26.8 Å². The number of pyridine rings is 1. The highest BCUT2D eigenvalue weighted by molar-refractivity contribution is 6.30. The predicted molar refractivity (Wildman–Crippen MR) is 144 cm³/mol. The molecule has 1 atom stereocenters. The van der Waals surface area contributed by atoms with Gasteiger partial charge in [-0.3, -0.25) is 0 Å². The Morgan fingerprint density at radius 3 is 2.61 bits per heavy atom. The molecule has 1 aliphatic rings. The van der Waals surface area contributed by atoms with Crippen LogP contribution in [-0.4, -0.2) is 44.0 Å². The number of nitrogens with two attached hydrogens (primary N) is 1. The number of nitrogens with zero attached hydrogens (tertiary/aromatic N) is 5. The second kappa shape index (κ2) is 11.4. The van der Waals surface area contributed by atoms with E-state index in [1.807, 2.05) is 13.8 Å². The van der Waals surface area contributed by atoms with Crippen molar-refractivity contribution in [1.29, 1.82) is 0 Å². The Bertz CT molecular complexity index is 1630. The first kappa shape index (κ1) is 28.4. The number of hydrogen-bond acceptors (Lipinski definition) is 7. The molecular formula is C28H26ClF3N6O3. The summed E-state index contributed by atoms with van der Waals surface area (Å²) in [5, 5.41) is 20.7. The van der Waals surface area contributed by atoms with E-state index in [0.29, 0.717) is 19.0 Å². The molecule has 2 aromatic heterocycles. The number of ether oxygens (including phenoxy) is 2. The topological polar surface area (TPSA) is 121 Å². The van der Waals surface area contributed by atoms with Gasteiger partial charge in [0.15, 0.2) is 0 Å². The second-order valence-electron chi connectivity index (χ2n) is 10.3. The summed E-state index contributed by atoms with van der Waals surface area (Å²) in [4.78, 5) is 4.27. The van der Waals surface area contributed by atoms with E-state index < -0.39 is 17.5 Å². The summed E-state index contributed by atoms with van der Waals surface area (Å²) in [6.07, 6.45) is -0.120. The summed E-state index contributed by atoms with van der Waals surface area (Å²) in [6.45, 7) is 4.60. The van der Waals surface area contributed by atoms with E-state index >= 15 is 8.78 Å². The zero-order valence-corrected chi connectivity index (χ0v) is 22.9. The number of rotatable bonds is 8. The fraction of sp³-hybridized carbons (Fsp3) is 0.286. The quantitative estimate of drug-likeness (QED) is 0.125. The van der Waals surface area contributed by atoms with Gasteiger partial charge in [-0.15, -0.1) is 10.2 Å². The molecule has 0 bridgehead atoms. The molecule has 0 aliphatic carbocycles. The van der Waals surface area contributed by atoms with E-state index in [0.717, 1.165) is 12.1 Å². The van der Waals surface area contributed by atoms with Gasteiger partial charge in [0.25, 0.3) is 0 Å². The molecule has 1 fully saturated rings. The van der Waals surface area contributed by atoms with E-state index in [1.165, 1.54) is 30.3 Å². The molecule has 0 unspecified atom stereocenters. The van der Waals surface area contributed by atoms with Crippen LogP contribution in [-0.2, 0) is 17.8 Å². The second-order valence-corrected chi connectivity index (χ2v) is 10.7. The number of aromatic nitrogens is 4. The fourth-order valence-electron chi connectivity index (χ4n) is 4.70. The lowest BCUT2D eigenvalue weighted by molar-refractivity contribution is 0.166. The Morgan fingerprint density at radius 2 is 1.90 bits per heavy atom. The molecule has 5 rings (SSSR count). The number of amidine groups is 1. The van der Waals surface area contributed by atoms with Crippen LogP contribution < -0.4 is 10.5 Å². The minimum atomic E-state index is -0.720. The molecule has 13 heteroatoms. The van der Waals surface area contributed by atoms with Crippen molar-refractivity contribution in [2.24, 2.45) is 16.3 Å². The Kier molecular flexibility index (Phi) is 7.87. The molecule has 0 saturated carbocycles. The molecule has 214 valence electrons. The van der Waals surface area contributed by atoms with Crippen molar-refractivity contribution in [2.45, 2.75) is 32.9 Å². The first-order valence-electron chi connectivity index (χ1n) is 12.6. The molecule has 0 amide bonds. The lowest BCUT2D eigenvalue weighted by atomic mass is 9.87. The maximum atomic E-state index is 15.4. The first-order valence-corrected chi connectivity index (χ1v) is 13.0. The van der Waals surface area contributed by atoms with Gasteiger partial charge in [0.2, 0.25) is 17.5 Å². The van der Waals surface area contributed by atoms with Gasteiger partial charge in [0.1, 0.15) is 29.9 Å². The molecule has 1 aliphatic heterocycles. The Labute approximate surface area is 238 Å². The zero-order chi connectivity index (χ0) is 29.3. The lowest BCUT2D eigenvalue weighted by Gasteiger charge is -2.28. The lowest BCUT2D eigenvalue weighted by Crippen LogP contribution is -2.31. The monoisotopic (exact) mass is 586 g/mol. The fourth-order valence-corrected chi connectivity index (χ4v) is 4.86. The standard InChI is InChI=1S/C28H26ClF3N6O3/c1-28(2)14-40-13-23(28)38-24(35-36-27(38)26(33)37-39)9-16-8-21(32)18(11-20(16)31)22-4-3-5-25(34-22)41-12-15-6-7-17(29)10-19(15)30/h3-8,10-11,23,39H,9,12-14H2,1-2H3,(H2,33,37)/t23-/m0/s1. The maximum Gasteiger partial charge on any atom is 0.214 e. The largest absolute Gasteiger partial charge is 0.473 e. The smallest absolute Gasteiger partial charge is 0.214 e. The highest BCUT2D eigenvalue weighted by Gasteiger charge is 2.40. The van der Waals surface area contributed by atoms with E-state index in [-0.39, 0.29) is 69.4 Å². The average molecular weight is 587 g/mol. The first-order chi connectivity index (χ1) is 19.6. The van der Waals surface area contributed by atoms with Gasteiger partial charge < -0.3 is 25.0 Å². The predicted octanol–water partition coefficient (Wildman–Crippen LogP) is 5.27. The summed E-state index contributed by atoms with van der Waals surface area (Å²) in [5.74, 6) is -1.71. The third-order valence-corrected chi connectivity index (χ3v) is 7.18. The van der Waals surface area contributed by atoms with Gasteiger partial charge in [-0.05, 0) is 35.9 Å². The van der Waals surface area contributed by atoms with E-state index in [1.54, 1.807) is 10.6 Å². The normalized spacial score (nSPS) is 16.7. The molecule has 0 spiro atoms. The van der Waals surface area contributed by atoms with Crippen LogP contribution in [0.1, 0.15) is 42.7 Å². The van der Waals surface area contributed by atoms with Crippen LogP contribution in [0.3, 0.4) is 0 Å². The summed E-state index contributed by atoms with van der Waals surface area (Å²) < 4.78 is 57.7. The molecule has 41 heavy (non-hydrogen) atoms. The van der Waals surface area contributed by atoms with E-state index in [2.05, 4.69) is 20.3 Å². The average Bonchev–Trinajstić information content (AvgIpc) is 3.51. The zero-order valence-electron chi connectivity index (χ0n) is 22.1. The van der Waals surface area contributed by atoms with Crippen molar-refractivity contribution >= 4 is 17.4 Å². The third-order valence-electron chi connectivity index (χ3n) is 6.94. The number of oxime groups is 1. The van der Waals surface area contributed by atoms with Gasteiger partial charge in [-0.2, -0.15) is 0 Å². The van der Waals surface area contributed by atoms with Crippen molar-refractivity contribution in [3.05, 3.63) is 93.8 Å². The van der Waals surface area contributed by atoms with Gasteiger partial charge in [0.05, 0.1) is 24.9 Å². The molecule has 2 aromatic carbocycles. The summed E-state index contributed by atoms with van der Waals surface area (Å²) >= 11 is 5.78. The van der Waals surface area contributed by atoms with Crippen molar-refractivity contribution in [3.63, 3.8) is 0 Å². The van der Waals surface area contributed by atoms with Crippen LogP contribution in [0.5, 0.6) is 5.88 Å². The summed E-state index contributed by atoms with van der Waals surface area (Å²) in [5.41, 5.74) is 5.81. The molecular weight excluding hydrogens is 561 g/mol. The Morgan fingerprint density at radius 1 is 1.12 bits per heavy atom. The number of hydrogen-bond donors (Lipinski definition) is 2. The molecule has 3 heterocycles.